The zero-order valence-electron chi connectivity index (χ0n) is 12.9. The molecule has 0 bridgehead atoms. The summed E-state index contributed by atoms with van der Waals surface area (Å²) < 4.78 is 6.17. The summed E-state index contributed by atoms with van der Waals surface area (Å²) in [5.41, 5.74) is 5.98. The summed E-state index contributed by atoms with van der Waals surface area (Å²) in [7, 11) is 0. The second kappa shape index (κ2) is 7.49. The molecule has 108 valence electrons. The van der Waals surface area contributed by atoms with E-state index in [0.717, 1.165) is 37.2 Å². The van der Waals surface area contributed by atoms with Crippen molar-refractivity contribution >= 4 is 0 Å². The van der Waals surface area contributed by atoms with Crippen molar-refractivity contribution in [1.29, 1.82) is 0 Å². The van der Waals surface area contributed by atoms with Gasteiger partial charge in [0.2, 0.25) is 0 Å². The van der Waals surface area contributed by atoms with Gasteiger partial charge in [-0.15, -0.1) is 0 Å². The van der Waals surface area contributed by atoms with E-state index in [2.05, 4.69) is 27.7 Å². The summed E-state index contributed by atoms with van der Waals surface area (Å²) in [6.07, 6.45) is 7.34. The predicted octanol–water partition coefficient (Wildman–Crippen LogP) is 3.98. The molecule has 0 radical (unpaired) electrons. The first kappa shape index (κ1) is 16.0. The van der Waals surface area contributed by atoms with Crippen LogP contribution in [0.2, 0.25) is 0 Å². The van der Waals surface area contributed by atoms with Crippen LogP contribution >= 0.6 is 0 Å². The van der Waals surface area contributed by atoms with Gasteiger partial charge in [0, 0.05) is 13.2 Å². The van der Waals surface area contributed by atoms with Gasteiger partial charge in [0.05, 0.1) is 5.60 Å². The van der Waals surface area contributed by atoms with Crippen LogP contribution in [0.4, 0.5) is 0 Å². The average molecular weight is 255 g/mol. The van der Waals surface area contributed by atoms with E-state index >= 15 is 0 Å². The van der Waals surface area contributed by atoms with E-state index in [4.69, 9.17) is 10.5 Å². The summed E-state index contributed by atoms with van der Waals surface area (Å²) in [6.45, 7) is 10.8. The molecule has 0 aromatic carbocycles. The Balaban J connectivity index is 2.31. The smallest absolute Gasteiger partial charge is 0.0804 e. The first-order chi connectivity index (χ1) is 8.49. The highest BCUT2D eigenvalue weighted by Gasteiger charge is 2.35. The number of hydrogen-bond acceptors (Lipinski definition) is 2. The zero-order chi connectivity index (χ0) is 13.6. The summed E-state index contributed by atoms with van der Waals surface area (Å²) in [5.74, 6) is 2.46. The molecule has 0 aliphatic heterocycles. The Labute approximate surface area is 114 Å². The monoisotopic (exact) mass is 255 g/mol. The van der Waals surface area contributed by atoms with Crippen LogP contribution in [0.5, 0.6) is 0 Å². The molecule has 1 fully saturated rings. The van der Waals surface area contributed by atoms with Crippen LogP contribution in [0.3, 0.4) is 0 Å². The average Bonchev–Trinajstić information content (AvgIpc) is 2.35. The molecule has 1 saturated carbocycles. The van der Waals surface area contributed by atoms with Gasteiger partial charge in [-0.2, -0.15) is 0 Å². The number of rotatable bonds is 7. The first-order valence-corrected chi connectivity index (χ1v) is 7.83. The van der Waals surface area contributed by atoms with E-state index in [1.807, 2.05) is 0 Å². The maximum absolute atomic E-state index is 6.17. The maximum Gasteiger partial charge on any atom is 0.0804 e. The maximum atomic E-state index is 6.17. The molecule has 0 heterocycles. The highest BCUT2D eigenvalue weighted by Crippen LogP contribution is 2.37. The minimum Gasteiger partial charge on any atom is -0.374 e. The minimum absolute atomic E-state index is 0.00235. The van der Waals surface area contributed by atoms with E-state index in [1.54, 1.807) is 0 Å². The molecular formula is C16H33NO. The largest absolute Gasteiger partial charge is 0.374 e. The second-order valence-corrected chi connectivity index (χ2v) is 6.85. The molecular weight excluding hydrogens is 222 g/mol. The lowest BCUT2D eigenvalue weighted by Crippen LogP contribution is -2.44. The van der Waals surface area contributed by atoms with Crippen LogP contribution in [-0.2, 0) is 4.74 Å². The van der Waals surface area contributed by atoms with Crippen LogP contribution in [0, 0.1) is 17.8 Å². The topological polar surface area (TPSA) is 35.2 Å². The SMILES string of the molecule is CC(C)CCCOC1(CN)CCC(C(C)C)CC1. The summed E-state index contributed by atoms with van der Waals surface area (Å²) in [6, 6.07) is 0. The van der Waals surface area contributed by atoms with E-state index in [-0.39, 0.29) is 5.60 Å². The molecule has 1 aliphatic rings. The lowest BCUT2D eigenvalue weighted by Gasteiger charge is -2.40. The lowest BCUT2D eigenvalue weighted by atomic mass is 9.74. The molecule has 2 heteroatoms. The molecule has 0 aromatic heterocycles. The summed E-state index contributed by atoms with van der Waals surface area (Å²) >= 11 is 0. The Hall–Kier alpha value is -0.0800. The fraction of sp³-hybridized carbons (Fsp3) is 1.00. The third-order valence-corrected chi connectivity index (χ3v) is 4.59. The molecule has 0 saturated heterocycles. The van der Waals surface area contributed by atoms with Crippen molar-refractivity contribution in [2.45, 2.75) is 71.8 Å². The van der Waals surface area contributed by atoms with E-state index in [9.17, 15) is 0 Å². The van der Waals surface area contributed by atoms with Gasteiger partial charge in [0.25, 0.3) is 0 Å². The van der Waals surface area contributed by atoms with Crippen LogP contribution in [-0.4, -0.2) is 18.8 Å². The highest BCUT2D eigenvalue weighted by atomic mass is 16.5. The van der Waals surface area contributed by atoms with Crippen molar-refractivity contribution in [2.24, 2.45) is 23.5 Å². The Kier molecular flexibility index (Phi) is 6.65. The van der Waals surface area contributed by atoms with Crippen molar-refractivity contribution in [3.05, 3.63) is 0 Å². The fourth-order valence-electron chi connectivity index (χ4n) is 3.02. The molecule has 2 nitrogen and oxygen atoms in total. The molecule has 0 aromatic rings. The third-order valence-electron chi connectivity index (χ3n) is 4.59. The van der Waals surface area contributed by atoms with Gasteiger partial charge in [-0.05, 0) is 56.3 Å². The van der Waals surface area contributed by atoms with E-state index < -0.39 is 0 Å². The molecule has 0 spiro atoms. The van der Waals surface area contributed by atoms with Crippen molar-refractivity contribution in [3.63, 3.8) is 0 Å². The van der Waals surface area contributed by atoms with Crippen LogP contribution < -0.4 is 5.73 Å². The Morgan fingerprint density at radius 2 is 1.78 bits per heavy atom. The van der Waals surface area contributed by atoms with Gasteiger partial charge >= 0.3 is 0 Å². The quantitative estimate of drug-likeness (QED) is 0.698. The van der Waals surface area contributed by atoms with Gasteiger partial charge in [0.15, 0.2) is 0 Å². The number of hydrogen-bond donors (Lipinski definition) is 1. The Bertz CT molecular complexity index is 217. The van der Waals surface area contributed by atoms with Crippen molar-refractivity contribution in [2.75, 3.05) is 13.2 Å². The molecule has 18 heavy (non-hydrogen) atoms. The lowest BCUT2D eigenvalue weighted by molar-refractivity contribution is -0.0760. The Morgan fingerprint density at radius 3 is 2.22 bits per heavy atom. The third kappa shape index (κ3) is 4.89. The number of nitrogens with two attached hydrogens (primary N) is 1. The molecule has 0 unspecified atom stereocenters. The van der Waals surface area contributed by atoms with Gasteiger partial charge in [-0.3, -0.25) is 0 Å². The predicted molar refractivity (Wildman–Crippen MR) is 78.6 cm³/mol. The van der Waals surface area contributed by atoms with Crippen molar-refractivity contribution in [1.82, 2.24) is 0 Å². The second-order valence-electron chi connectivity index (χ2n) is 6.85. The number of ether oxygens (including phenoxy) is 1. The molecule has 2 N–H and O–H groups in total. The van der Waals surface area contributed by atoms with Crippen molar-refractivity contribution < 1.29 is 4.74 Å². The van der Waals surface area contributed by atoms with Crippen LogP contribution in [0.1, 0.15) is 66.2 Å². The molecule has 1 aliphatic carbocycles. The van der Waals surface area contributed by atoms with Crippen LogP contribution in [0.25, 0.3) is 0 Å². The summed E-state index contributed by atoms with van der Waals surface area (Å²) in [4.78, 5) is 0. The van der Waals surface area contributed by atoms with Gasteiger partial charge in [0.1, 0.15) is 0 Å². The minimum atomic E-state index is 0.00235. The van der Waals surface area contributed by atoms with Crippen molar-refractivity contribution in [3.8, 4) is 0 Å². The normalized spacial score (nSPS) is 29.2. The highest BCUT2D eigenvalue weighted by molar-refractivity contribution is 4.89. The van der Waals surface area contributed by atoms with Gasteiger partial charge in [-0.1, -0.05) is 27.7 Å². The van der Waals surface area contributed by atoms with Crippen LogP contribution in [0.15, 0.2) is 0 Å². The first-order valence-electron chi connectivity index (χ1n) is 7.83. The fourth-order valence-corrected chi connectivity index (χ4v) is 3.02. The van der Waals surface area contributed by atoms with E-state index in [1.165, 1.54) is 25.7 Å². The Morgan fingerprint density at radius 1 is 1.17 bits per heavy atom. The van der Waals surface area contributed by atoms with Gasteiger partial charge < -0.3 is 10.5 Å². The summed E-state index contributed by atoms with van der Waals surface area (Å²) in [5, 5.41) is 0. The molecule has 1 rings (SSSR count). The standard InChI is InChI=1S/C16H33NO/c1-13(2)6-5-11-18-16(12-17)9-7-15(8-10-16)14(3)4/h13-15H,5-12,17H2,1-4H3. The zero-order valence-corrected chi connectivity index (χ0v) is 12.9. The van der Waals surface area contributed by atoms with Gasteiger partial charge in [-0.25, -0.2) is 0 Å². The molecule has 0 amide bonds. The van der Waals surface area contributed by atoms with E-state index in [0.29, 0.717) is 6.54 Å². The molecule has 0 atom stereocenters.